The second kappa shape index (κ2) is 9.39. The molecule has 1 N–H and O–H groups in total. The first-order chi connectivity index (χ1) is 14.7. The van der Waals surface area contributed by atoms with E-state index in [-0.39, 0.29) is 0 Å². The van der Waals surface area contributed by atoms with Gasteiger partial charge >= 0.3 is 0 Å². The van der Waals surface area contributed by atoms with Gasteiger partial charge in [-0.3, -0.25) is 0 Å². The second-order valence-corrected chi connectivity index (χ2v) is 7.36. The molecule has 156 valence electrons. The average Bonchev–Trinajstić information content (AvgIpc) is 3.13. The van der Waals surface area contributed by atoms with E-state index in [0.29, 0.717) is 13.1 Å². The van der Waals surface area contributed by atoms with Crippen LogP contribution in [0.4, 0.5) is 5.82 Å². The van der Waals surface area contributed by atoms with E-state index in [1.165, 1.54) is 5.56 Å². The molecule has 0 amide bonds. The summed E-state index contributed by atoms with van der Waals surface area (Å²) in [6.45, 7) is 6.77. The number of aliphatic imine (C=N–C) groups is 1. The molecule has 0 saturated carbocycles. The lowest BCUT2D eigenvalue weighted by molar-refractivity contribution is 0.369. The van der Waals surface area contributed by atoms with Gasteiger partial charge in [0.05, 0.1) is 13.1 Å². The Labute approximate surface area is 177 Å². The van der Waals surface area contributed by atoms with Gasteiger partial charge in [-0.15, -0.1) is 10.2 Å². The molecule has 3 aromatic rings. The van der Waals surface area contributed by atoms with Crippen LogP contribution in [0.2, 0.25) is 0 Å². The Bertz CT molecular complexity index is 959. The Hall–Kier alpha value is -3.42. The number of aryl methyl sites for hydroxylation is 1. The minimum Gasteiger partial charge on any atom is -0.353 e. The van der Waals surface area contributed by atoms with Crippen molar-refractivity contribution < 1.29 is 0 Å². The van der Waals surface area contributed by atoms with Gasteiger partial charge in [0.25, 0.3) is 0 Å². The van der Waals surface area contributed by atoms with Gasteiger partial charge in [-0.2, -0.15) is 0 Å². The normalized spacial score (nSPS) is 14.8. The molecule has 8 heteroatoms. The van der Waals surface area contributed by atoms with E-state index in [9.17, 15) is 0 Å². The number of rotatable bonds is 5. The predicted octanol–water partition coefficient (Wildman–Crippen LogP) is 1.99. The van der Waals surface area contributed by atoms with Crippen molar-refractivity contribution in [2.45, 2.75) is 20.0 Å². The molecule has 1 aromatic carbocycles. The van der Waals surface area contributed by atoms with Crippen molar-refractivity contribution in [3.63, 3.8) is 0 Å². The molecule has 3 heterocycles. The molecule has 4 rings (SSSR count). The van der Waals surface area contributed by atoms with Crippen molar-refractivity contribution in [3.05, 3.63) is 71.9 Å². The molecular formula is C22H28N8. The fraction of sp³-hybridized carbons (Fsp3) is 0.364. The summed E-state index contributed by atoms with van der Waals surface area (Å²) in [6, 6.07) is 16.4. The Morgan fingerprint density at radius 1 is 1.00 bits per heavy atom. The predicted molar refractivity (Wildman–Crippen MR) is 118 cm³/mol. The maximum Gasteiger partial charge on any atom is 0.194 e. The van der Waals surface area contributed by atoms with Gasteiger partial charge in [-0.05, 0) is 24.6 Å². The van der Waals surface area contributed by atoms with Gasteiger partial charge in [0.2, 0.25) is 0 Å². The molecular weight excluding hydrogens is 376 g/mol. The van der Waals surface area contributed by atoms with Crippen molar-refractivity contribution in [1.29, 1.82) is 0 Å². The smallest absolute Gasteiger partial charge is 0.194 e. The summed E-state index contributed by atoms with van der Waals surface area (Å²) >= 11 is 0. The zero-order valence-electron chi connectivity index (χ0n) is 17.6. The maximum atomic E-state index is 4.91. The van der Waals surface area contributed by atoms with Crippen LogP contribution in [0.25, 0.3) is 0 Å². The fourth-order valence-corrected chi connectivity index (χ4v) is 3.47. The Morgan fingerprint density at radius 3 is 2.43 bits per heavy atom. The number of guanidine groups is 1. The highest BCUT2D eigenvalue weighted by atomic mass is 15.4. The monoisotopic (exact) mass is 404 g/mol. The van der Waals surface area contributed by atoms with Gasteiger partial charge in [-0.1, -0.05) is 36.4 Å². The van der Waals surface area contributed by atoms with Crippen LogP contribution >= 0.6 is 0 Å². The van der Waals surface area contributed by atoms with Crippen molar-refractivity contribution >= 4 is 11.8 Å². The van der Waals surface area contributed by atoms with Gasteiger partial charge in [-0.25, -0.2) is 9.98 Å². The molecule has 0 spiro atoms. The van der Waals surface area contributed by atoms with E-state index in [2.05, 4.69) is 48.5 Å². The summed E-state index contributed by atoms with van der Waals surface area (Å²) in [4.78, 5) is 14.0. The third-order valence-corrected chi connectivity index (χ3v) is 5.39. The zero-order valence-corrected chi connectivity index (χ0v) is 17.6. The van der Waals surface area contributed by atoms with E-state index >= 15 is 0 Å². The summed E-state index contributed by atoms with van der Waals surface area (Å²) in [7, 11) is 1.98. The van der Waals surface area contributed by atoms with Crippen LogP contribution in [0.3, 0.4) is 0 Å². The number of hydrogen-bond acceptors (Lipinski definition) is 5. The van der Waals surface area contributed by atoms with Crippen LogP contribution < -0.4 is 10.2 Å². The van der Waals surface area contributed by atoms with Crippen LogP contribution in [-0.4, -0.2) is 56.8 Å². The first kappa shape index (κ1) is 19.9. The van der Waals surface area contributed by atoms with E-state index in [0.717, 1.165) is 49.6 Å². The molecule has 30 heavy (non-hydrogen) atoms. The number of anilines is 1. The number of hydrogen-bond donors (Lipinski definition) is 1. The summed E-state index contributed by atoms with van der Waals surface area (Å²) < 4.78 is 2.00. The SMILES string of the molecule is Cc1nnc(CNC(=NCc2ccccc2)N2CCN(c3ccccn3)CC2)n1C. The topological polar surface area (TPSA) is 74.5 Å². The van der Waals surface area contributed by atoms with E-state index < -0.39 is 0 Å². The Morgan fingerprint density at radius 2 is 1.77 bits per heavy atom. The molecule has 0 atom stereocenters. The van der Waals surface area contributed by atoms with Crippen LogP contribution in [0.15, 0.2) is 59.7 Å². The molecule has 8 nitrogen and oxygen atoms in total. The Balaban J connectivity index is 1.45. The van der Waals surface area contributed by atoms with Crippen molar-refractivity contribution in [2.24, 2.45) is 12.0 Å². The van der Waals surface area contributed by atoms with Crippen molar-refractivity contribution in [2.75, 3.05) is 31.1 Å². The summed E-state index contributed by atoms with van der Waals surface area (Å²) in [6.07, 6.45) is 1.85. The zero-order chi connectivity index (χ0) is 20.8. The molecule has 0 unspecified atom stereocenters. The van der Waals surface area contributed by atoms with E-state index in [4.69, 9.17) is 4.99 Å². The van der Waals surface area contributed by atoms with E-state index in [1.54, 1.807) is 0 Å². The number of piperazine rings is 1. The number of benzene rings is 1. The largest absolute Gasteiger partial charge is 0.353 e. The molecule has 0 aliphatic carbocycles. The van der Waals surface area contributed by atoms with Gasteiger partial charge in [0.1, 0.15) is 11.6 Å². The molecule has 1 saturated heterocycles. The van der Waals surface area contributed by atoms with Crippen LogP contribution in [-0.2, 0) is 20.1 Å². The number of nitrogens with zero attached hydrogens (tertiary/aromatic N) is 7. The van der Waals surface area contributed by atoms with Crippen molar-refractivity contribution in [1.82, 2.24) is 30.0 Å². The van der Waals surface area contributed by atoms with Crippen LogP contribution in [0.5, 0.6) is 0 Å². The number of pyridine rings is 1. The molecule has 1 aliphatic heterocycles. The minimum absolute atomic E-state index is 0.589. The summed E-state index contributed by atoms with van der Waals surface area (Å²) in [5.41, 5.74) is 1.19. The molecule has 0 radical (unpaired) electrons. The maximum absolute atomic E-state index is 4.91. The number of nitrogens with one attached hydrogen (secondary N) is 1. The first-order valence-corrected chi connectivity index (χ1v) is 10.3. The lowest BCUT2D eigenvalue weighted by atomic mass is 10.2. The summed E-state index contributed by atoms with van der Waals surface area (Å²) in [5.74, 6) is 3.73. The quantitative estimate of drug-likeness (QED) is 0.518. The molecule has 1 fully saturated rings. The highest BCUT2D eigenvalue weighted by Gasteiger charge is 2.21. The average molecular weight is 405 g/mol. The third kappa shape index (κ3) is 4.76. The van der Waals surface area contributed by atoms with E-state index in [1.807, 2.05) is 55.1 Å². The van der Waals surface area contributed by atoms with Crippen molar-refractivity contribution in [3.8, 4) is 0 Å². The molecule has 0 bridgehead atoms. The standard InChI is InChI=1S/C22H28N8/c1-18-26-27-21(28(18)2)17-25-22(24-16-19-8-4-3-5-9-19)30-14-12-29(13-15-30)20-10-6-7-11-23-20/h3-11H,12-17H2,1-2H3,(H,24,25). The first-order valence-electron chi connectivity index (χ1n) is 10.3. The third-order valence-electron chi connectivity index (χ3n) is 5.39. The highest BCUT2D eigenvalue weighted by Crippen LogP contribution is 2.13. The lowest BCUT2D eigenvalue weighted by Gasteiger charge is -2.37. The number of aromatic nitrogens is 4. The summed E-state index contributed by atoms with van der Waals surface area (Å²) in [5, 5.41) is 11.9. The van der Waals surface area contributed by atoms with Gasteiger partial charge < -0.3 is 19.7 Å². The fourth-order valence-electron chi connectivity index (χ4n) is 3.47. The van der Waals surface area contributed by atoms with Gasteiger partial charge in [0.15, 0.2) is 11.8 Å². The highest BCUT2D eigenvalue weighted by molar-refractivity contribution is 5.80. The minimum atomic E-state index is 0.589. The lowest BCUT2D eigenvalue weighted by Crippen LogP contribution is -2.52. The van der Waals surface area contributed by atoms with Gasteiger partial charge in [0, 0.05) is 39.4 Å². The molecule has 1 aliphatic rings. The van der Waals surface area contributed by atoms with Crippen LogP contribution in [0.1, 0.15) is 17.2 Å². The second-order valence-electron chi connectivity index (χ2n) is 7.36. The van der Waals surface area contributed by atoms with Crippen LogP contribution in [0, 0.1) is 6.92 Å². The molecule has 2 aromatic heterocycles. The Kier molecular flexibility index (Phi) is 6.22.